The molecular formula is C11H26O3Si2. The van der Waals surface area contributed by atoms with Gasteiger partial charge in [0, 0.05) is 12.0 Å². The second-order valence-corrected chi connectivity index (χ2v) is 14.4. The molecule has 0 aliphatic carbocycles. The van der Waals surface area contributed by atoms with E-state index in [-0.39, 0.29) is 5.41 Å². The summed E-state index contributed by atoms with van der Waals surface area (Å²) in [5, 5.41) is 0. The lowest BCUT2D eigenvalue weighted by molar-refractivity contribution is -0.136. The molecule has 5 heteroatoms. The van der Waals surface area contributed by atoms with E-state index in [2.05, 4.69) is 39.7 Å². The molecule has 1 fully saturated rings. The van der Waals surface area contributed by atoms with E-state index in [0.717, 1.165) is 26.2 Å². The van der Waals surface area contributed by atoms with Crippen LogP contribution in [0.2, 0.25) is 32.7 Å². The van der Waals surface area contributed by atoms with E-state index in [4.69, 9.17) is 13.3 Å². The Bertz CT molecular complexity index is 226. The van der Waals surface area contributed by atoms with Gasteiger partial charge in [-0.2, -0.15) is 0 Å². The van der Waals surface area contributed by atoms with Gasteiger partial charge in [-0.1, -0.05) is 6.92 Å². The molecule has 1 aliphatic heterocycles. The van der Waals surface area contributed by atoms with E-state index in [0.29, 0.717) is 0 Å². The van der Waals surface area contributed by atoms with E-state index in [9.17, 15) is 0 Å². The number of hydrogen-bond donors (Lipinski definition) is 0. The maximum absolute atomic E-state index is 6.15. The largest absolute Gasteiger partial charge is 0.436 e. The molecule has 1 heterocycles. The summed E-state index contributed by atoms with van der Waals surface area (Å²) >= 11 is 0. The standard InChI is InChI=1S/C11H26O3Si2/c1-7-11(8-12-9-11)10-13-16(5,6)14-15(2,3)4/h7-10H2,1-6H3. The summed E-state index contributed by atoms with van der Waals surface area (Å²) in [6, 6.07) is 0. The molecule has 1 saturated heterocycles. The molecule has 0 atom stereocenters. The lowest BCUT2D eigenvalue weighted by Gasteiger charge is -2.43. The monoisotopic (exact) mass is 262 g/mol. The van der Waals surface area contributed by atoms with Gasteiger partial charge in [0.25, 0.3) is 0 Å². The van der Waals surface area contributed by atoms with Crippen LogP contribution in [0.3, 0.4) is 0 Å². The highest BCUT2D eigenvalue weighted by Crippen LogP contribution is 2.32. The van der Waals surface area contributed by atoms with Crippen LogP contribution >= 0.6 is 0 Å². The first kappa shape index (κ1) is 14.4. The van der Waals surface area contributed by atoms with Gasteiger partial charge in [0.2, 0.25) is 0 Å². The summed E-state index contributed by atoms with van der Waals surface area (Å²) in [6.45, 7) is 15.6. The van der Waals surface area contributed by atoms with E-state index >= 15 is 0 Å². The average Bonchev–Trinajstić information content (AvgIpc) is 1.98. The van der Waals surface area contributed by atoms with Gasteiger partial charge in [0.1, 0.15) is 0 Å². The summed E-state index contributed by atoms with van der Waals surface area (Å²) in [7, 11) is -3.43. The fraction of sp³-hybridized carbons (Fsp3) is 1.00. The Morgan fingerprint density at radius 2 is 1.69 bits per heavy atom. The molecule has 1 rings (SSSR count). The predicted molar refractivity (Wildman–Crippen MR) is 71.4 cm³/mol. The lowest BCUT2D eigenvalue weighted by atomic mass is 9.84. The lowest BCUT2D eigenvalue weighted by Crippen LogP contribution is -2.51. The average molecular weight is 262 g/mol. The minimum atomic E-state index is -1.94. The highest BCUT2D eigenvalue weighted by Gasteiger charge is 2.40. The van der Waals surface area contributed by atoms with Gasteiger partial charge in [-0.3, -0.25) is 0 Å². The van der Waals surface area contributed by atoms with E-state index in [1.165, 1.54) is 0 Å². The van der Waals surface area contributed by atoms with Crippen LogP contribution < -0.4 is 0 Å². The number of hydrogen-bond acceptors (Lipinski definition) is 3. The summed E-state index contributed by atoms with van der Waals surface area (Å²) in [6.07, 6.45) is 1.13. The van der Waals surface area contributed by atoms with Crippen molar-refractivity contribution in [2.24, 2.45) is 5.41 Å². The van der Waals surface area contributed by atoms with Crippen molar-refractivity contribution in [3.8, 4) is 0 Å². The van der Waals surface area contributed by atoms with Crippen LogP contribution in [0.1, 0.15) is 13.3 Å². The maximum atomic E-state index is 6.15. The molecule has 0 spiro atoms. The zero-order valence-electron chi connectivity index (χ0n) is 11.6. The van der Waals surface area contributed by atoms with Crippen LogP contribution in [0.4, 0.5) is 0 Å². The Morgan fingerprint density at radius 1 is 1.12 bits per heavy atom. The van der Waals surface area contributed by atoms with E-state index < -0.39 is 16.9 Å². The minimum absolute atomic E-state index is 0.271. The van der Waals surface area contributed by atoms with Crippen LogP contribution in [0.25, 0.3) is 0 Å². The van der Waals surface area contributed by atoms with Crippen molar-refractivity contribution in [3.63, 3.8) is 0 Å². The first-order valence-electron chi connectivity index (χ1n) is 6.10. The van der Waals surface area contributed by atoms with E-state index in [1.807, 2.05) is 0 Å². The Morgan fingerprint density at radius 3 is 2.00 bits per heavy atom. The molecule has 0 aromatic carbocycles. The van der Waals surface area contributed by atoms with Crippen molar-refractivity contribution in [3.05, 3.63) is 0 Å². The quantitative estimate of drug-likeness (QED) is 0.689. The molecule has 0 aromatic rings. The van der Waals surface area contributed by atoms with Crippen molar-refractivity contribution in [1.29, 1.82) is 0 Å². The van der Waals surface area contributed by atoms with Crippen molar-refractivity contribution < 1.29 is 13.3 Å². The second kappa shape index (κ2) is 4.90. The molecule has 0 unspecified atom stereocenters. The third kappa shape index (κ3) is 4.29. The molecule has 96 valence electrons. The Kier molecular flexibility index (Phi) is 4.40. The van der Waals surface area contributed by atoms with Crippen LogP contribution in [0.15, 0.2) is 0 Å². The Hall–Kier alpha value is 0.314. The minimum Gasteiger partial charge on any atom is -0.436 e. The Balaban J connectivity index is 2.41. The fourth-order valence-corrected chi connectivity index (χ4v) is 8.66. The second-order valence-electron chi connectivity index (χ2n) is 6.25. The SMILES string of the molecule is CCC1(CO[Si](C)(C)O[Si](C)(C)C)COC1. The molecule has 1 aliphatic rings. The van der Waals surface area contributed by atoms with Gasteiger partial charge in [-0.15, -0.1) is 0 Å². The van der Waals surface area contributed by atoms with Crippen molar-refractivity contribution >= 4 is 16.9 Å². The molecule has 0 amide bonds. The third-order valence-electron chi connectivity index (χ3n) is 2.84. The molecule has 0 N–H and O–H groups in total. The molecule has 0 radical (unpaired) electrons. The molecule has 3 nitrogen and oxygen atoms in total. The maximum Gasteiger partial charge on any atom is 0.321 e. The van der Waals surface area contributed by atoms with Gasteiger partial charge in [-0.05, 0) is 39.2 Å². The summed E-state index contributed by atoms with van der Waals surface area (Å²) in [5.74, 6) is 0. The first-order chi connectivity index (χ1) is 7.18. The zero-order valence-corrected chi connectivity index (χ0v) is 13.6. The van der Waals surface area contributed by atoms with Crippen LogP contribution in [-0.4, -0.2) is 36.7 Å². The van der Waals surface area contributed by atoms with Gasteiger partial charge < -0.3 is 13.3 Å². The highest BCUT2D eigenvalue weighted by molar-refractivity contribution is 6.81. The summed E-state index contributed by atoms with van der Waals surface area (Å²) in [4.78, 5) is 0. The number of ether oxygens (including phenoxy) is 1. The topological polar surface area (TPSA) is 27.7 Å². The molecule has 0 aromatic heterocycles. The smallest absolute Gasteiger partial charge is 0.321 e. The van der Waals surface area contributed by atoms with Gasteiger partial charge >= 0.3 is 8.56 Å². The van der Waals surface area contributed by atoms with Crippen molar-refractivity contribution in [2.45, 2.75) is 46.1 Å². The van der Waals surface area contributed by atoms with E-state index in [1.54, 1.807) is 0 Å². The van der Waals surface area contributed by atoms with Crippen molar-refractivity contribution in [2.75, 3.05) is 19.8 Å². The van der Waals surface area contributed by atoms with Gasteiger partial charge in [-0.25, -0.2) is 0 Å². The normalized spacial score (nSPS) is 20.6. The van der Waals surface area contributed by atoms with Crippen LogP contribution in [0.5, 0.6) is 0 Å². The van der Waals surface area contributed by atoms with Crippen molar-refractivity contribution in [1.82, 2.24) is 0 Å². The fourth-order valence-electron chi connectivity index (χ4n) is 1.87. The van der Waals surface area contributed by atoms with Gasteiger partial charge in [0.15, 0.2) is 8.32 Å². The molecule has 0 saturated carbocycles. The first-order valence-corrected chi connectivity index (χ1v) is 12.3. The van der Waals surface area contributed by atoms with Crippen LogP contribution in [-0.2, 0) is 13.3 Å². The summed E-state index contributed by atoms with van der Waals surface area (Å²) in [5.41, 5.74) is 0.271. The predicted octanol–water partition coefficient (Wildman–Crippen LogP) is 2.98. The van der Waals surface area contributed by atoms with Crippen LogP contribution in [0, 0.1) is 5.41 Å². The Labute approximate surface area is 102 Å². The summed E-state index contributed by atoms with van der Waals surface area (Å²) < 4.78 is 17.5. The highest BCUT2D eigenvalue weighted by atomic mass is 28.4. The zero-order chi connectivity index (χ0) is 12.4. The molecule has 0 bridgehead atoms. The molecule has 16 heavy (non-hydrogen) atoms. The third-order valence-corrected chi connectivity index (χ3v) is 8.10. The van der Waals surface area contributed by atoms with Gasteiger partial charge in [0.05, 0.1) is 13.2 Å². The molecular weight excluding hydrogens is 236 g/mol. The number of rotatable bonds is 6.